The molecule has 0 bridgehead atoms. The molecule has 188 valence electrons. The highest BCUT2D eigenvalue weighted by atomic mass is 35.5. The number of fused-ring (bicyclic) bond motifs is 1. The summed E-state index contributed by atoms with van der Waals surface area (Å²) in [6, 6.07) is 17.2. The van der Waals surface area contributed by atoms with Gasteiger partial charge in [0.05, 0.1) is 43.0 Å². The van der Waals surface area contributed by atoms with Crippen molar-refractivity contribution in [3.8, 4) is 17.2 Å². The van der Waals surface area contributed by atoms with Crippen molar-refractivity contribution in [1.82, 2.24) is 4.90 Å². The fourth-order valence-electron chi connectivity index (χ4n) is 4.32. The second-order valence-electron chi connectivity index (χ2n) is 8.21. The molecule has 3 aromatic carbocycles. The fourth-order valence-corrected chi connectivity index (χ4v) is 4.53. The molecule has 0 N–H and O–H groups in total. The summed E-state index contributed by atoms with van der Waals surface area (Å²) in [4.78, 5) is 27.3. The van der Waals surface area contributed by atoms with Crippen molar-refractivity contribution in [1.29, 1.82) is 0 Å². The zero-order valence-corrected chi connectivity index (χ0v) is 21.2. The average molecular weight is 510 g/mol. The van der Waals surface area contributed by atoms with E-state index in [0.717, 1.165) is 11.1 Å². The summed E-state index contributed by atoms with van der Waals surface area (Å²) in [5, 5.41) is 0.398. The van der Waals surface area contributed by atoms with Crippen LogP contribution < -0.4 is 14.2 Å². The van der Waals surface area contributed by atoms with E-state index in [2.05, 4.69) is 0 Å². The van der Waals surface area contributed by atoms with Crippen LogP contribution in [0.5, 0.6) is 17.2 Å². The van der Waals surface area contributed by atoms with Crippen LogP contribution in [0.4, 0.5) is 0 Å². The van der Waals surface area contributed by atoms with Crippen molar-refractivity contribution in [2.45, 2.75) is 19.4 Å². The van der Waals surface area contributed by atoms with Gasteiger partial charge < -0.3 is 23.8 Å². The first-order chi connectivity index (χ1) is 17.5. The third kappa shape index (κ3) is 5.26. The number of hydrogen-bond donors (Lipinski definition) is 0. The predicted octanol–water partition coefficient (Wildman–Crippen LogP) is 5.35. The zero-order valence-electron chi connectivity index (χ0n) is 20.5. The number of methoxy groups -OCH3 is 2. The van der Waals surface area contributed by atoms with Crippen molar-refractivity contribution >= 4 is 23.5 Å². The van der Waals surface area contributed by atoms with Gasteiger partial charge in [0, 0.05) is 6.54 Å². The van der Waals surface area contributed by atoms with E-state index in [4.69, 9.17) is 30.5 Å². The molecule has 1 heterocycles. The standard InChI is InChI=1S/C28H28ClNO6/c1-4-35-28(32)18-9-11-20(12-10-18)36-17-24-22-16-26(34-3)25(33-2)15-19(22)13-14-30(24)27(31)21-7-5-6-8-23(21)29/h5-12,15-16,24H,4,13-14,17H2,1-3H3. The van der Waals surface area contributed by atoms with Crippen molar-refractivity contribution in [2.24, 2.45) is 0 Å². The van der Waals surface area contributed by atoms with Crippen LogP contribution in [0.2, 0.25) is 5.02 Å². The third-order valence-corrected chi connectivity index (χ3v) is 6.47. The predicted molar refractivity (Wildman–Crippen MR) is 136 cm³/mol. The molecular weight excluding hydrogens is 482 g/mol. The van der Waals surface area contributed by atoms with Crippen LogP contribution in [0.25, 0.3) is 0 Å². The molecule has 0 saturated carbocycles. The zero-order chi connectivity index (χ0) is 25.7. The lowest BCUT2D eigenvalue weighted by atomic mass is 9.91. The van der Waals surface area contributed by atoms with Crippen LogP contribution in [-0.4, -0.2) is 50.8 Å². The van der Waals surface area contributed by atoms with E-state index >= 15 is 0 Å². The van der Waals surface area contributed by atoms with Gasteiger partial charge in [0.1, 0.15) is 12.4 Å². The first kappa shape index (κ1) is 25.4. The maximum Gasteiger partial charge on any atom is 0.338 e. The number of hydrogen-bond acceptors (Lipinski definition) is 6. The summed E-state index contributed by atoms with van der Waals surface area (Å²) in [7, 11) is 3.18. The SMILES string of the molecule is CCOC(=O)c1ccc(OCC2c3cc(OC)c(OC)cc3CCN2C(=O)c2ccccc2Cl)cc1. The van der Waals surface area contributed by atoms with E-state index in [1.807, 2.05) is 12.1 Å². The van der Waals surface area contributed by atoms with Crippen LogP contribution in [0.1, 0.15) is 44.8 Å². The van der Waals surface area contributed by atoms with Crippen molar-refractivity contribution in [3.05, 3.63) is 87.9 Å². The molecule has 36 heavy (non-hydrogen) atoms. The Morgan fingerprint density at radius 2 is 1.69 bits per heavy atom. The molecule has 0 spiro atoms. The monoisotopic (exact) mass is 509 g/mol. The summed E-state index contributed by atoms with van der Waals surface area (Å²) < 4.78 is 22.2. The number of rotatable bonds is 8. The lowest BCUT2D eigenvalue weighted by Gasteiger charge is -2.37. The summed E-state index contributed by atoms with van der Waals surface area (Å²) in [6.07, 6.45) is 0.649. The van der Waals surface area contributed by atoms with E-state index in [-0.39, 0.29) is 18.5 Å². The molecule has 0 saturated heterocycles. The highest BCUT2D eigenvalue weighted by Crippen LogP contribution is 2.39. The first-order valence-electron chi connectivity index (χ1n) is 11.7. The van der Waals surface area contributed by atoms with Gasteiger partial charge in [0.2, 0.25) is 0 Å². The van der Waals surface area contributed by atoms with Crippen LogP contribution in [0.15, 0.2) is 60.7 Å². The lowest BCUT2D eigenvalue weighted by Crippen LogP contribution is -2.42. The van der Waals surface area contributed by atoms with Gasteiger partial charge in [-0.2, -0.15) is 0 Å². The molecule has 3 aromatic rings. The van der Waals surface area contributed by atoms with Gasteiger partial charge in [-0.05, 0) is 73.0 Å². The number of amides is 1. The summed E-state index contributed by atoms with van der Waals surface area (Å²) in [5.74, 6) is 1.22. The number of benzene rings is 3. The topological polar surface area (TPSA) is 74.3 Å². The minimum absolute atomic E-state index is 0.174. The van der Waals surface area contributed by atoms with E-state index in [1.54, 1.807) is 74.6 Å². The molecule has 0 radical (unpaired) electrons. The summed E-state index contributed by atoms with van der Waals surface area (Å²) >= 11 is 6.36. The number of halogens is 1. The highest BCUT2D eigenvalue weighted by Gasteiger charge is 2.34. The Kier molecular flexibility index (Phi) is 8.00. The van der Waals surface area contributed by atoms with Crippen LogP contribution >= 0.6 is 11.6 Å². The Bertz CT molecular complexity index is 1240. The quantitative estimate of drug-likeness (QED) is 0.381. The minimum atomic E-state index is -0.401. The molecular formula is C28H28ClNO6. The fraction of sp³-hybridized carbons (Fsp3) is 0.286. The molecule has 4 rings (SSSR count). The number of ether oxygens (including phenoxy) is 4. The van der Waals surface area contributed by atoms with Crippen molar-refractivity contribution in [3.63, 3.8) is 0 Å². The molecule has 0 aliphatic carbocycles. The smallest absolute Gasteiger partial charge is 0.338 e. The Labute approximate surface area is 215 Å². The molecule has 1 atom stereocenters. The number of carbonyl (C=O) groups excluding carboxylic acids is 2. The Morgan fingerprint density at radius 1 is 1.00 bits per heavy atom. The van der Waals surface area contributed by atoms with Gasteiger partial charge in [-0.25, -0.2) is 4.79 Å². The maximum absolute atomic E-state index is 13.6. The third-order valence-electron chi connectivity index (χ3n) is 6.14. The highest BCUT2D eigenvalue weighted by molar-refractivity contribution is 6.33. The summed E-state index contributed by atoms with van der Waals surface area (Å²) in [6.45, 7) is 2.75. The van der Waals surface area contributed by atoms with Gasteiger partial charge in [0.15, 0.2) is 11.5 Å². The maximum atomic E-state index is 13.6. The number of nitrogens with zero attached hydrogens (tertiary/aromatic N) is 1. The van der Waals surface area contributed by atoms with Crippen molar-refractivity contribution < 1.29 is 28.5 Å². The molecule has 7 nitrogen and oxygen atoms in total. The Morgan fingerprint density at radius 3 is 2.36 bits per heavy atom. The Balaban J connectivity index is 1.65. The number of carbonyl (C=O) groups is 2. The van der Waals surface area contributed by atoms with Crippen LogP contribution in [-0.2, 0) is 11.2 Å². The normalized spacial score (nSPS) is 14.6. The molecule has 0 fully saturated rings. The second-order valence-corrected chi connectivity index (χ2v) is 8.61. The van der Waals surface area contributed by atoms with Gasteiger partial charge in [-0.3, -0.25) is 4.79 Å². The van der Waals surface area contributed by atoms with E-state index < -0.39 is 6.04 Å². The lowest BCUT2D eigenvalue weighted by molar-refractivity contribution is 0.0524. The van der Waals surface area contributed by atoms with E-state index in [9.17, 15) is 9.59 Å². The van der Waals surface area contributed by atoms with E-state index in [1.165, 1.54) is 0 Å². The minimum Gasteiger partial charge on any atom is -0.493 e. The number of esters is 1. The second kappa shape index (κ2) is 11.4. The van der Waals surface area contributed by atoms with Gasteiger partial charge >= 0.3 is 5.97 Å². The summed E-state index contributed by atoms with van der Waals surface area (Å²) in [5.41, 5.74) is 2.86. The molecule has 1 aliphatic heterocycles. The van der Waals surface area contributed by atoms with Crippen LogP contribution in [0, 0.1) is 0 Å². The first-order valence-corrected chi connectivity index (χ1v) is 12.0. The van der Waals surface area contributed by atoms with Gasteiger partial charge in [-0.15, -0.1) is 0 Å². The van der Waals surface area contributed by atoms with Gasteiger partial charge in [-0.1, -0.05) is 23.7 Å². The van der Waals surface area contributed by atoms with E-state index in [0.29, 0.717) is 53.0 Å². The molecule has 1 unspecified atom stereocenters. The molecule has 8 heteroatoms. The molecule has 1 aliphatic rings. The average Bonchev–Trinajstić information content (AvgIpc) is 2.91. The molecule has 1 amide bonds. The largest absolute Gasteiger partial charge is 0.493 e. The Hall–Kier alpha value is -3.71. The van der Waals surface area contributed by atoms with Crippen molar-refractivity contribution in [2.75, 3.05) is 34.0 Å². The van der Waals surface area contributed by atoms with Gasteiger partial charge in [0.25, 0.3) is 5.91 Å². The molecule has 0 aromatic heterocycles. The van der Waals surface area contributed by atoms with Crippen LogP contribution in [0.3, 0.4) is 0 Å².